The van der Waals surface area contributed by atoms with Gasteiger partial charge in [-0.3, -0.25) is 0 Å². The first-order valence-corrected chi connectivity index (χ1v) is 8.53. The van der Waals surface area contributed by atoms with E-state index >= 15 is 0 Å². The summed E-state index contributed by atoms with van der Waals surface area (Å²) in [5, 5.41) is 0. The van der Waals surface area contributed by atoms with Crippen LogP contribution in [0.2, 0.25) is 0 Å². The minimum Gasteiger partial charge on any atom is -0.464 e. The molecule has 1 heterocycles. The van der Waals surface area contributed by atoms with Crippen LogP contribution in [0.3, 0.4) is 0 Å². The van der Waals surface area contributed by atoms with Gasteiger partial charge in [0.05, 0.1) is 19.0 Å². The molecule has 0 spiro atoms. The quantitative estimate of drug-likeness (QED) is 0.560. The third-order valence-corrected chi connectivity index (χ3v) is 2.93. The van der Waals surface area contributed by atoms with Crippen LogP contribution in [0.25, 0.3) is 5.57 Å². The van der Waals surface area contributed by atoms with Gasteiger partial charge in [0.15, 0.2) is 11.5 Å². The Morgan fingerprint density at radius 1 is 1.00 bits per heavy atom. The fourth-order valence-electron chi connectivity index (χ4n) is 1.85. The zero-order valence-corrected chi connectivity index (χ0v) is 17.6. The molecule has 0 radical (unpaired) electrons. The van der Waals surface area contributed by atoms with Crippen LogP contribution in [0.4, 0.5) is 15.4 Å². The molecule has 0 saturated heterocycles. The molecule has 9 nitrogen and oxygen atoms in total. The van der Waals surface area contributed by atoms with E-state index in [0.717, 1.165) is 7.11 Å². The van der Waals surface area contributed by atoms with Gasteiger partial charge in [-0.2, -0.15) is 4.90 Å². The Bertz CT molecular complexity index is 762. The Kier molecular flexibility index (Phi) is 6.89. The molecule has 154 valence electrons. The number of ether oxygens (including phenoxy) is 3. The van der Waals surface area contributed by atoms with E-state index in [1.165, 1.54) is 6.20 Å². The first-order valence-electron chi connectivity index (χ1n) is 8.53. The van der Waals surface area contributed by atoms with Gasteiger partial charge in [-0.1, -0.05) is 6.58 Å². The zero-order valence-electron chi connectivity index (χ0n) is 17.6. The Labute approximate surface area is 164 Å². The largest absolute Gasteiger partial charge is 0.464 e. The highest BCUT2D eigenvalue weighted by Crippen LogP contribution is 2.24. The molecule has 0 fully saturated rings. The number of allylic oxidation sites excluding steroid dienone is 1. The van der Waals surface area contributed by atoms with Gasteiger partial charge >= 0.3 is 18.2 Å². The summed E-state index contributed by atoms with van der Waals surface area (Å²) in [4.78, 5) is 46.4. The van der Waals surface area contributed by atoms with Gasteiger partial charge in [0.25, 0.3) is 0 Å². The monoisotopic (exact) mass is 393 g/mol. The first kappa shape index (κ1) is 23.1. The van der Waals surface area contributed by atoms with Crippen LogP contribution in [0.15, 0.2) is 12.8 Å². The van der Waals surface area contributed by atoms with Crippen molar-refractivity contribution in [1.82, 2.24) is 9.97 Å². The molecular weight excluding hydrogens is 366 g/mol. The van der Waals surface area contributed by atoms with Crippen molar-refractivity contribution < 1.29 is 28.6 Å². The lowest BCUT2D eigenvalue weighted by molar-refractivity contribution is 0.0428. The molecule has 0 bridgehead atoms. The number of hydrogen-bond donors (Lipinski definition) is 0. The van der Waals surface area contributed by atoms with Gasteiger partial charge in [0, 0.05) is 0 Å². The van der Waals surface area contributed by atoms with E-state index in [2.05, 4.69) is 16.5 Å². The van der Waals surface area contributed by atoms with E-state index in [1.54, 1.807) is 48.5 Å². The first-order chi connectivity index (χ1) is 12.7. The normalized spacial score (nSPS) is 11.4. The molecule has 28 heavy (non-hydrogen) atoms. The molecule has 0 aliphatic carbocycles. The average Bonchev–Trinajstić information content (AvgIpc) is 2.50. The molecule has 9 heteroatoms. The maximum Gasteiger partial charge on any atom is 0.425 e. The molecule has 0 aromatic carbocycles. The number of anilines is 1. The number of methoxy groups -OCH3 is 1. The fraction of sp³-hybridized carbons (Fsp3) is 0.526. The molecule has 0 atom stereocenters. The topological polar surface area (TPSA) is 108 Å². The zero-order chi connectivity index (χ0) is 21.9. The van der Waals surface area contributed by atoms with Crippen LogP contribution in [-0.4, -0.2) is 46.4 Å². The van der Waals surface area contributed by atoms with E-state index in [9.17, 15) is 14.4 Å². The Morgan fingerprint density at radius 3 is 1.82 bits per heavy atom. The van der Waals surface area contributed by atoms with Gasteiger partial charge in [-0.15, -0.1) is 0 Å². The van der Waals surface area contributed by atoms with Crippen LogP contribution in [0, 0.1) is 0 Å². The van der Waals surface area contributed by atoms with Gasteiger partial charge < -0.3 is 14.2 Å². The second-order valence-corrected chi connectivity index (χ2v) is 8.00. The molecule has 0 saturated carbocycles. The lowest BCUT2D eigenvalue weighted by atomic mass is 10.2. The molecule has 0 N–H and O–H groups in total. The van der Waals surface area contributed by atoms with Crippen molar-refractivity contribution >= 4 is 29.5 Å². The minimum atomic E-state index is -1.07. The van der Waals surface area contributed by atoms with E-state index in [-0.39, 0.29) is 11.5 Å². The predicted octanol–water partition coefficient (Wildman–Crippen LogP) is 3.97. The highest BCUT2D eigenvalue weighted by Gasteiger charge is 2.37. The second-order valence-electron chi connectivity index (χ2n) is 8.00. The molecule has 1 aromatic rings. The SMILES string of the molecule is C=C(C)c1cnc(N(C(=O)OC(C)(C)C)C(=O)OC(C)(C)C)c(C(=O)OC)n1. The summed E-state index contributed by atoms with van der Waals surface area (Å²) in [5.74, 6) is -1.25. The summed E-state index contributed by atoms with van der Waals surface area (Å²) in [6.45, 7) is 15.2. The van der Waals surface area contributed by atoms with Crippen LogP contribution in [0.5, 0.6) is 0 Å². The van der Waals surface area contributed by atoms with Crippen molar-refractivity contribution in [1.29, 1.82) is 0 Å². The summed E-state index contributed by atoms with van der Waals surface area (Å²) < 4.78 is 15.3. The Balaban J connectivity index is 3.59. The number of imide groups is 1. The summed E-state index contributed by atoms with van der Waals surface area (Å²) in [5.41, 5.74) is -1.33. The smallest absolute Gasteiger partial charge is 0.425 e. The molecule has 1 rings (SSSR count). The molecule has 2 amide bonds. The number of hydrogen-bond acceptors (Lipinski definition) is 8. The lowest BCUT2D eigenvalue weighted by Gasteiger charge is -2.28. The van der Waals surface area contributed by atoms with Gasteiger partial charge in [-0.05, 0) is 54.0 Å². The van der Waals surface area contributed by atoms with Crippen molar-refractivity contribution in [3.05, 3.63) is 24.2 Å². The van der Waals surface area contributed by atoms with Crippen molar-refractivity contribution in [2.75, 3.05) is 12.0 Å². The van der Waals surface area contributed by atoms with E-state index in [0.29, 0.717) is 16.2 Å². The Morgan fingerprint density at radius 2 is 1.46 bits per heavy atom. The molecular formula is C19H27N3O6. The number of nitrogens with zero attached hydrogens (tertiary/aromatic N) is 3. The van der Waals surface area contributed by atoms with E-state index in [4.69, 9.17) is 14.2 Å². The number of amides is 2. The summed E-state index contributed by atoms with van der Waals surface area (Å²) >= 11 is 0. The molecule has 0 unspecified atom stereocenters. The maximum atomic E-state index is 12.7. The van der Waals surface area contributed by atoms with Gasteiger partial charge in [0.2, 0.25) is 0 Å². The maximum absolute atomic E-state index is 12.7. The van der Waals surface area contributed by atoms with E-state index < -0.39 is 29.4 Å². The lowest BCUT2D eigenvalue weighted by Crippen LogP contribution is -2.45. The average molecular weight is 393 g/mol. The number of esters is 1. The minimum absolute atomic E-state index is 0.303. The van der Waals surface area contributed by atoms with Gasteiger partial charge in [-0.25, -0.2) is 24.4 Å². The fourth-order valence-corrected chi connectivity index (χ4v) is 1.85. The standard InChI is InChI=1S/C19H27N3O6/c1-11(2)12-10-20-14(13(21-12)15(23)26-9)22(16(24)27-18(3,4)5)17(25)28-19(6,7)8/h10H,1H2,2-9H3. The second kappa shape index (κ2) is 8.37. The van der Waals surface area contributed by atoms with Crippen molar-refractivity contribution in [2.45, 2.75) is 59.7 Å². The molecule has 1 aromatic heterocycles. The van der Waals surface area contributed by atoms with E-state index in [1.807, 2.05) is 0 Å². The van der Waals surface area contributed by atoms with Crippen molar-refractivity contribution in [3.63, 3.8) is 0 Å². The number of carbonyl (C=O) groups excluding carboxylic acids is 3. The third kappa shape index (κ3) is 6.33. The number of aromatic nitrogens is 2. The van der Waals surface area contributed by atoms with Crippen LogP contribution in [0.1, 0.15) is 64.6 Å². The van der Waals surface area contributed by atoms with Crippen LogP contribution < -0.4 is 4.90 Å². The highest BCUT2D eigenvalue weighted by molar-refractivity contribution is 6.12. The van der Waals surface area contributed by atoms with Crippen molar-refractivity contribution in [3.8, 4) is 0 Å². The molecule has 0 aliphatic rings. The van der Waals surface area contributed by atoms with Crippen molar-refractivity contribution in [2.24, 2.45) is 0 Å². The summed E-state index contributed by atoms with van der Waals surface area (Å²) in [6, 6.07) is 0. The summed E-state index contributed by atoms with van der Waals surface area (Å²) in [6.07, 6.45) is -0.847. The molecule has 0 aliphatic heterocycles. The van der Waals surface area contributed by atoms with Crippen LogP contribution >= 0.6 is 0 Å². The number of carbonyl (C=O) groups is 3. The summed E-state index contributed by atoms with van der Waals surface area (Å²) in [7, 11) is 1.15. The van der Waals surface area contributed by atoms with Crippen LogP contribution in [-0.2, 0) is 14.2 Å². The predicted molar refractivity (Wildman–Crippen MR) is 103 cm³/mol. The highest BCUT2D eigenvalue weighted by atomic mass is 16.6. The Hall–Kier alpha value is -2.97. The van der Waals surface area contributed by atoms with Gasteiger partial charge in [0.1, 0.15) is 11.2 Å². The third-order valence-electron chi connectivity index (χ3n) is 2.93. The number of rotatable bonds is 3.